The Kier molecular flexibility index (Phi) is 5.50. The number of hydrogen-bond acceptors (Lipinski definition) is 5. The topological polar surface area (TPSA) is 101 Å². The van der Waals surface area contributed by atoms with Gasteiger partial charge in [0.1, 0.15) is 0 Å². The lowest BCUT2D eigenvalue weighted by Gasteiger charge is -2.19. The Morgan fingerprint density at radius 1 is 1.24 bits per heavy atom. The summed E-state index contributed by atoms with van der Waals surface area (Å²) in [5.41, 5.74) is 0.606. The van der Waals surface area contributed by atoms with Crippen molar-refractivity contribution < 1.29 is 26.4 Å². The van der Waals surface area contributed by atoms with Crippen LogP contribution >= 0.6 is 0 Å². The molecule has 0 radical (unpaired) electrons. The molecule has 0 saturated heterocycles. The van der Waals surface area contributed by atoms with E-state index < -0.39 is 22.1 Å². The summed E-state index contributed by atoms with van der Waals surface area (Å²) in [5.74, 6) is -1.99. The second kappa shape index (κ2) is 7.59. The molecule has 1 N–H and O–H groups in total. The zero-order valence-electron chi connectivity index (χ0n) is 15.2. The molecule has 1 aliphatic rings. The Labute approximate surface area is 164 Å². The predicted octanol–water partition coefficient (Wildman–Crippen LogP) is 0.982. The van der Waals surface area contributed by atoms with E-state index in [9.17, 15) is 31.2 Å². The maximum atomic E-state index is 12.7. The number of fused-ring (bicyclic) bond motifs is 1. The summed E-state index contributed by atoms with van der Waals surface area (Å²) in [4.78, 5) is 23.6. The first-order valence-electron chi connectivity index (χ1n) is 8.55. The van der Waals surface area contributed by atoms with E-state index in [0.717, 1.165) is 10.7 Å². The largest absolute Gasteiger partial charge is 0.471 e. The van der Waals surface area contributed by atoms with Crippen molar-refractivity contribution >= 4 is 21.6 Å². The van der Waals surface area contributed by atoms with Gasteiger partial charge in [-0.25, -0.2) is 17.8 Å². The van der Waals surface area contributed by atoms with Crippen LogP contribution in [0.2, 0.25) is 0 Å². The van der Waals surface area contributed by atoms with Crippen molar-refractivity contribution in [1.29, 1.82) is 0 Å². The summed E-state index contributed by atoms with van der Waals surface area (Å²) in [5, 5.41) is 4.00. The van der Waals surface area contributed by atoms with E-state index in [1.54, 1.807) is 13.0 Å². The SMILES string of the molecule is Cc1ccc(=O)n(CCNS(=O)(=O)c2ccc3c(c2)CCN3C(=O)C(F)(F)F)n1. The quantitative estimate of drug-likeness (QED) is 0.762. The van der Waals surface area contributed by atoms with Gasteiger partial charge in [-0.2, -0.15) is 18.3 Å². The highest BCUT2D eigenvalue weighted by Crippen LogP contribution is 2.33. The van der Waals surface area contributed by atoms with Crippen molar-refractivity contribution in [2.24, 2.45) is 0 Å². The second-order valence-electron chi connectivity index (χ2n) is 6.43. The molecule has 1 aliphatic heterocycles. The predicted molar refractivity (Wildman–Crippen MR) is 97.0 cm³/mol. The summed E-state index contributed by atoms with van der Waals surface area (Å²) in [6, 6.07) is 6.44. The first-order chi connectivity index (χ1) is 13.5. The third-order valence-corrected chi connectivity index (χ3v) is 5.82. The molecule has 2 aromatic rings. The lowest BCUT2D eigenvalue weighted by atomic mass is 10.2. The molecule has 1 aromatic carbocycles. The van der Waals surface area contributed by atoms with E-state index in [1.165, 1.54) is 18.2 Å². The van der Waals surface area contributed by atoms with E-state index >= 15 is 0 Å². The number of amides is 1. The molecule has 1 aromatic heterocycles. The van der Waals surface area contributed by atoms with Gasteiger partial charge in [-0.05, 0) is 43.2 Å². The van der Waals surface area contributed by atoms with E-state index in [2.05, 4.69) is 9.82 Å². The highest BCUT2D eigenvalue weighted by atomic mass is 32.2. The third kappa shape index (κ3) is 4.48. The average molecular weight is 430 g/mol. The molecule has 0 fully saturated rings. The van der Waals surface area contributed by atoms with Gasteiger partial charge in [-0.1, -0.05) is 0 Å². The molecule has 0 unspecified atom stereocenters. The Bertz CT molecular complexity index is 1110. The molecule has 2 heterocycles. The Morgan fingerprint density at radius 3 is 2.66 bits per heavy atom. The van der Waals surface area contributed by atoms with Gasteiger partial charge in [0.15, 0.2) is 0 Å². The summed E-state index contributed by atoms with van der Waals surface area (Å²) in [6.07, 6.45) is -4.89. The van der Waals surface area contributed by atoms with E-state index in [4.69, 9.17) is 0 Å². The number of anilines is 1. The smallest absolute Gasteiger partial charge is 0.304 e. The van der Waals surface area contributed by atoms with Gasteiger partial charge in [0.2, 0.25) is 10.0 Å². The zero-order valence-corrected chi connectivity index (χ0v) is 16.0. The van der Waals surface area contributed by atoms with Crippen LogP contribution in [0.15, 0.2) is 40.0 Å². The van der Waals surface area contributed by atoms with Crippen molar-refractivity contribution in [2.45, 2.75) is 31.0 Å². The Balaban J connectivity index is 1.73. The fraction of sp³-hybridized carbons (Fsp3) is 0.353. The van der Waals surface area contributed by atoms with Gasteiger partial charge < -0.3 is 4.90 Å². The number of alkyl halides is 3. The molecule has 29 heavy (non-hydrogen) atoms. The van der Waals surface area contributed by atoms with Gasteiger partial charge in [0.25, 0.3) is 5.56 Å². The van der Waals surface area contributed by atoms with E-state index in [0.29, 0.717) is 16.2 Å². The van der Waals surface area contributed by atoms with Crippen molar-refractivity contribution in [3.05, 3.63) is 51.9 Å². The maximum Gasteiger partial charge on any atom is 0.471 e. The molecule has 8 nitrogen and oxygen atoms in total. The highest BCUT2D eigenvalue weighted by molar-refractivity contribution is 7.89. The second-order valence-corrected chi connectivity index (χ2v) is 8.20. The van der Waals surface area contributed by atoms with Crippen LogP contribution in [0.25, 0.3) is 0 Å². The van der Waals surface area contributed by atoms with Gasteiger partial charge in [-0.3, -0.25) is 9.59 Å². The van der Waals surface area contributed by atoms with Crippen LogP contribution in [-0.2, 0) is 27.8 Å². The van der Waals surface area contributed by atoms with E-state index in [1.807, 2.05) is 0 Å². The molecule has 12 heteroatoms. The minimum atomic E-state index is -5.00. The van der Waals surface area contributed by atoms with E-state index in [-0.39, 0.29) is 42.2 Å². The first kappa shape index (κ1) is 21.0. The number of nitrogens with one attached hydrogen (secondary N) is 1. The Hall–Kier alpha value is -2.73. The van der Waals surface area contributed by atoms with Crippen LogP contribution < -0.4 is 15.2 Å². The van der Waals surface area contributed by atoms with Crippen molar-refractivity contribution in [1.82, 2.24) is 14.5 Å². The van der Waals surface area contributed by atoms with Crippen LogP contribution in [-0.4, -0.2) is 43.4 Å². The maximum absolute atomic E-state index is 12.7. The fourth-order valence-electron chi connectivity index (χ4n) is 2.99. The number of aromatic nitrogens is 2. The normalized spacial score (nSPS) is 14.1. The first-order valence-corrected chi connectivity index (χ1v) is 10.0. The summed E-state index contributed by atoms with van der Waals surface area (Å²) < 4.78 is 66.4. The molecule has 1 amide bonds. The molecule has 0 saturated carbocycles. The molecule has 0 bridgehead atoms. The van der Waals surface area contributed by atoms with Gasteiger partial charge >= 0.3 is 12.1 Å². The highest BCUT2D eigenvalue weighted by Gasteiger charge is 2.44. The number of rotatable bonds is 5. The van der Waals surface area contributed by atoms with Crippen LogP contribution in [0.1, 0.15) is 11.3 Å². The van der Waals surface area contributed by atoms with Crippen molar-refractivity contribution in [3.63, 3.8) is 0 Å². The molecule has 156 valence electrons. The number of carbonyl (C=O) groups excluding carboxylic acids is 1. The standard InChI is InChI=1S/C17H17F3N4O4S/c1-11-2-5-15(25)24(22-11)9-7-21-29(27,28)13-3-4-14-12(10-13)6-8-23(14)16(26)17(18,19)20/h2-5,10,21H,6-9H2,1H3. The lowest BCUT2D eigenvalue weighted by molar-refractivity contribution is -0.170. The third-order valence-electron chi connectivity index (χ3n) is 4.36. The van der Waals surface area contributed by atoms with Crippen LogP contribution in [0.5, 0.6) is 0 Å². The monoisotopic (exact) mass is 430 g/mol. The van der Waals surface area contributed by atoms with Gasteiger partial charge in [0, 0.05) is 24.8 Å². The number of carbonyl (C=O) groups is 1. The van der Waals surface area contributed by atoms with Crippen molar-refractivity contribution in [3.8, 4) is 0 Å². The molecular formula is C17H17F3N4O4S. The molecule has 0 atom stereocenters. The number of nitrogens with zero attached hydrogens (tertiary/aromatic N) is 3. The fourth-order valence-corrected chi connectivity index (χ4v) is 4.06. The number of aryl methyl sites for hydroxylation is 1. The van der Waals surface area contributed by atoms with Crippen LogP contribution in [0.4, 0.5) is 18.9 Å². The van der Waals surface area contributed by atoms with Gasteiger partial charge in [0.05, 0.1) is 17.1 Å². The lowest BCUT2D eigenvalue weighted by Crippen LogP contribution is -2.40. The molecular weight excluding hydrogens is 413 g/mol. The zero-order chi connectivity index (χ0) is 21.4. The number of halogens is 3. The number of benzene rings is 1. The van der Waals surface area contributed by atoms with Crippen LogP contribution in [0, 0.1) is 6.92 Å². The summed E-state index contributed by atoms with van der Waals surface area (Å²) >= 11 is 0. The average Bonchev–Trinajstić information content (AvgIpc) is 3.06. The number of hydrogen-bond donors (Lipinski definition) is 1. The minimum Gasteiger partial charge on any atom is -0.304 e. The summed E-state index contributed by atoms with van der Waals surface area (Å²) in [6.45, 7) is 1.43. The number of sulfonamides is 1. The molecule has 3 rings (SSSR count). The molecule has 0 spiro atoms. The Morgan fingerprint density at radius 2 is 1.97 bits per heavy atom. The van der Waals surface area contributed by atoms with Crippen molar-refractivity contribution in [2.75, 3.05) is 18.0 Å². The van der Waals surface area contributed by atoms with Gasteiger partial charge in [-0.15, -0.1) is 0 Å². The molecule has 0 aliphatic carbocycles. The summed E-state index contributed by atoms with van der Waals surface area (Å²) in [7, 11) is -3.96. The van der Waals surface area contributed by atoms with Crippen LogP contribution in [0.3, 0.4) is 0 Å². The minimum absolute atomic E-state index is 0.0124.